The molecule has 0 spiro atoms. The fraction of sp³-hybridized carbons (Fsp3) is 0.294. The summed E-state index contributed by atoms with van der Waals surface area (Å²) in [6.45, 7) is 0. The van der Waals surface area contributed by atoms with Crippen molar-refractivity contribution in [2.75, 3.05) is 5.32 Å². The van der Waals surface area contributed by atoms with Crippen molar-refractivity contribution in [1.29, 1.82) is 0 Å². The SMILES string of the molecule is O=C(O)c1ncc(Nc2ccc(F)c(Cl)c2)c2c1C1CCC2C1. The molecule has 1 saturated carbocycles. The summed E-state index contributed by atoms with van der Waals surface area (Å²) in [4.78, 5) is 15.6. The minimum absolute atomic E-state index is 0.0447. The minimum Gasteiger partial charge on any atom is -0.477 e. The van der Waals surface area contributed by atoms with Crippen LogP contribution in [0.15, 0.2) is 24.4 Å². The van der Waals surface area contributed by atoms with Crippen molar-refractivity contribution in [1.82, 2.24) is 4.98 Å². The monoisotopic (exact) mass is 332 g/mol. The zero-order chi connectivity index (χ0) is 16.1. The number of anilines is 2. The second kappa shape index (κ2) is 5.20. The van der Waals surface area contributed by atoms with Gasteiger partial charge in [-0.05, 0) is 60.4 Å². The van der Waals surface area contributed by atoms with Gasteiger partial charge in [0.25, 0.3) is 0 Å². The summed E-state index contributed by atoms with van der Waals surface area (Å²) in [5.74, 6) is -0.798. The molecule has 0 saturated heterocycles. The van der Waals surface area contributed by atoms with Gasteiger partial charge in [-0.1, -0.05) is 11.6 Å². The van der Waals surface area contributed by atoms with E-state index in [0.29, 0.717) is 11.6 Å². The number of benzene rings is 1. The van der Waals surface area contributed by atoms with E-state index in [2.05, 4.69) is 10.3 Å². The molecule has 6 heteroatoms. The second-order valence-corrected chi connectivity index (χ2v) is 6.52. The first kappa shape index (κ1) is 14.5. The Kier molecular flexibility index (Phi) is 3.27. The molecule has 2 unspecified atom stereocenters. The van der Waals surface area contributed by atoms with Crippen LogP contribution in [0.5, 0.6) is 0 Å². The maximum atomic E-state index is 13.3. The summed E-state index contributed by atoms with van der Waals surface area (Å²) in [6, 6.07) is 4.42. The van der Waals surface area contributed by atoms with Gasteiger partial charge in [0.2, 0.25) is 0 Å². The lowest BCUT2D eigenvalue weighted by molar-refractivity contribution is 0.0688. The van der Waals surface area contributed by atoms with Crippen molar-refractivity contribution in [3.63, 3.8) is 0 Å². The molecule has 2 aliphatic carbocycles. The Morgan fingerprint density at radius 2 is 2.04 bits per heavy atom. The summed E-state index contributed by atoms with van der Waals surface area (Å²) in [5.41, 5.74) is 3.53. The minimum atomic E-state index is -0.981. The normalized spacial score (nSPS) is 21.3. The number of carbonyl (C=O) groups is 1. The maximum Gasteiger partial charge on any atom is 0.354 e. The lowest BCUT2D eigenvalue weighted by Crippen LogP contribution is -2.12. The molecule has 2 atom stereocenters. The summed E-state index contributed by atoms with van der Waals surface area (Å²) in [6.07, 6.45) is 4.63. The van der Waals surface area contributed by atoms with Gasteiger partial charge in [-0.15, -0.1) is 0 Å². The fourth-order valence-corrected chi connectivity index (χ4v) is 4.08. The molecule has 0 radical (unpaired) electrons. The predicted octanol–water partition coefficient (Wildman–Crippen LogP) is 4.68. The lowest BCUT2D eigenvalue weighted by atomic mass is 9.89. The van der Waals surface area contributed by atoms with Crippen LogP contribution in [0.25, 0.3) is 0 Å². The van der Waals surface area contributed by atoms with Gasteiger partial charge in [0.1, 0.15) is 5.82 Å². The van der Waals surface area contributed by atoms with E-state index in [9.17, 15) is 14.3 Å². The van der Waals surface area contributed by atoms with Gasteiger partial charge in [0.15, 0.2) is 5.69 Å². The van der Waals surface area contributed by atoms with E-state index in [-0.39, 0.29) is 16.6 Å². The lowest BCUT2D eigenvalue weighted by Gasteiger charge is -2.21. The van der Waals surface area contributed by atoms with E-state index < -0.39 is 11.8 Å². The van der Waals surface area contributed by atoms with Gasteiger partial charge in [0, 0.05) is 5.69 Å². The van der Waals surface area contributed by atoms with Gasteiger partial charge < -0.3 is 10.4 Å². The third kappa shape index (κ3) is 2.27. The molecule has 0 amide bonds. The Bertz CT molecular complexity index is 824. The van der Waals surface area contributed by atoms with E-state index in [1.807, 2.05) is 0 Å². The number of carboxylic acids is 1. The summed E-state index contributed by atoms with van der Waals surface area (Å²) < 4.78 is 13.3. The molecular weight excluding hydrogens is 319 g/mol. The Labute approximate surface area is 137 Å². The van der Waals surface area contributed by atoms with Gasteiger partial charge >= 0.3 is 5.97 Å². The van der Waals surface area contributed by atoms with E-state index in [1.165, 1.54) is 12.1 Å². The van der Waals surface area contributed by atoms with Gasteiger partial charge in [-0.25, -0.2) is 14.2 Å². The third-order valence-corrected chi connectivity index (χ3v) is 5.10. The molecule has 0 aliphatic heterocycles. The number of aromatic nitrogens is 1. The Morgan fingerprint density at radius 1 is 1.30 bits per heavy atom. The van der Waals surface area contributed by atoms with Crippen molar-refractivity contribution in [3.05, 3.63) is 52.1 Å². The first-order valence-corrected chi connectivity index (χ1v) is 7.90. The van der Waals surface area contributed by atoms with Crippen molar-refractivity contribution in [2.45, 2.75) is 31.1 Å². The number of nitrogens with one attached hydrogen (secondary N) is 1. The number of halogens is 2. The molecule has 2 aliphatic rings. The van der Waals surface area contributed by atoms with E-state index in [4.69, 9.17) is 11.6 Å². The Balaban J connectivity index is 1.78. The van der Waals surface area contributed by atoms with Gasteiger partial charge in [0.05, 0.1) is 16.9 Å². The van der Waals surface area contributed by atoms with Crippen molar-refractivity contribution in [3.8, 4) is 0 Å². The molecular formula is C17H14ClFN2O2. The van der Waals surface area contributed by atoms with E-state index in [1.54, 1.807) is 12.3 Å². The predicted molar refractivity (Wildman–Crippen MR) is 85.2 cm³/mol. The molecule has 1 aromatic heterocycles. The number of fused-ring (bicyclic) bond motifs is 5. The number of hydrogen-bond donors (Lipinski definition) is 2. The number of pyridine rings is 1. The van der Waals surface area contributed by atoms with Crippen LogP contribution in [-0.4, -0.2) is 16.1 Å². The van der Waals surface area contributed by atoms with Crippen LogP contribution in [-0.2, 0) is 0 Å². The second-order valence-electron chi connectivity index (χ2n) is 6.11. The van der Waals surface area contributed by atoms with Crippen LogP contribution in [0.4, 0.5) is 15.8 Å². The summed E-state index contributed by atoms with van der Waals surface area (Å²) in [7, 11) is 0. The molecule has 1 heterocycles. The largest absolute Gasteiger partial charge is 0.477 e. The molecule has 2 bridgehead atoms. The van der Waals surface area contributed by atoms with Crippen LogP contribution in [0, 0.1) is 5.82 Å². The Morgan fingerprint density at radius 3 is 2.74 bits per heavy atom. The van der Waals surface area contributed by atoms with Gasteiger partial charge in [-0.3, -0.25) is 0 Å². The first-order valence-electron chi connectivity index (χ1n) is 7.52. The standard InChI is InChI=1S/C17H14ClFN2O2/c18-11-6-10(3-4-12(11)19)21-13-7-20-16(17(22)23)15-9-2-1-8(5-9)14(13)15/h3-4,6-9,21H,1-2,5H2,(H,22,23). The molecule has 1 fully saturated rings. The molecule has 4 rings (SSSR count). The number of carboxylic acid groups (broad SMARTS) is 1. The zero-order valence-corrected chi connectivity index (χ0v) is 12.9. The maximum absolute atomic E-state index is 13.3. The van der Waals surface area contributed by atoms with Crippen LogP contribution < -0.4 is 5.32 Å². The average molecular weight is 333 g/mol. The molecule has 118 valence electrons. The van der Waals surface area contributed by atoms with E-state index >= 15 is 0 Å². The van der Waals surface area contributed by atoms with Crippen LogP contribution >= 0.6 is 11.6 Å². The molecule has 2 N–H and O–H groups in total. The average Bonchev–Trinajstić information content (AvgIpc) is 3.13. The quantitative estimate of drug-likeness (QED) is 0.856. The first-order chi connectivity index (χ1) is 11.0. The highest BCUT2D eigenvalue weighted by Crippen LogP contribution is 2.56. The number of aromatic carboxylic acids is 1. The summed E-state index contributed by atoms with van der Waals surface area (Å²) >= 11 is 5.82. The number of nitrogens with zero attached hydrogens (tertiary/aromatic N) is 1. The molecule has 23 heavy (non-hydrogen) atoms. The van der Waals surface area contributed by atoms with Gasteiger partial charge in [-0.2, -0.15) is 0 Å². The van der Waals surface area contributed by atoms with Crippen LogP contribution in [0.3, 0.4) is 0 Å². The highest BCUT2D eigenvalue weighted by atomic mass is 35.5. The third-order valence-electron chi connectivity index (χ3n) is 4.81. The zero-order valence-electron chi connectivity index (χ0n) is 12.1. The Hall–Kier alpha value is -2.14. The number of hydrogen-bond acceptors (Lipinski definition) is 3. The fourth-order valence-electron chi connectivity index (χ4n) is 3.90. The highest BCUT2D eigenvalue weighted by Gasteiger charge is 2.41. The van der Waals surface area contributed by atoms with Crippen LogP contribution in [0.2, 0.25) is 5.02 Å². The molecule has 2 aromatic rings. The van der Waals surface area contributed by atoms with Crippen molar-refractivity contribution >= 4 is 28.9 Å². The topological polar surface area (TPSA) is 62.2 Å². The van der Waals surface area contributed by atoms with Crippen LogP contribution in [0.1, 0.15) is 52.7 Å². The van der Waals surface area contributed by atoms with E-state index in [0.717, 1.165) is 36.1 Å². The smallest absolute Gasteiger partial charge is 0.354 e. The molecule has 1 aromatic carbocycles. The summed E-state index contributed by atoms with van der Waals surface area (Å²) in [5, 5.41) is 12.6. The number of rotatable bonds is 3. The highest BCUT2D eigenvalue weighted by molar-refractivity contribution is 6.31. The van der Waals surface area contributed by atoms with Crippen molar-refractivity contribution in [2.24, 2.45) is 0 Å². The molecule has 4 nitrogen and oxygen atoms in total. The van der Waals surface area contributed by atoms with Crippen molar-refractivity contribution < 1.29 is 14.3 Å².